The van der Waals surface area contributed by atoms with Gasteiger partial charge in [-0.25, -0.2) is 0 Å². The van der Waals surface area contributed by atoms with Crippen LogP contribution in [0.3, 0.4) is 0 Å². The van der Waals surface area contributed by atoms with E-state index in [1.807, 2.05) is 6.07 Å². The lowest BCUT2D eigenvalue weighted by Gasteiger charge is -2.05. The van der Waals surface area contributed by atoms with E-state index in [4.69, 9.17) is 0 Å². The molecule has 1 fully saturated rings. The van der Waals surface area contributed by atoms with Crippen LogP contribution in [0.25, 0.3) is 0 Å². The molecule has 0 aliphatic heterocycles. The van der Waals surface area contributed by atoms with Gasteiger partial charge in [0.25, 0.3) is 0 Å². The van der Waals surface area contributed by atoms with Gasteiger partial charge in [0.2, 0.25) is 0 Å². The van der Waals surface area contributed by atoms with Crippen LogP contribution in [0.1, 0.15) is 35.4 Å². The molecule has 0 bridgehead atoms. The Morgan fingerprint density at radius 3 is 2.53 bits per heavy atom. The fourth-order valence-corrected chi connectivity index (χ4v) is 2.11. The minimum absolute atomic E-state index is 0.277. The van der Waals surface area contributed by atoms with Gasteiger partial charge in [-0.1, -0.05) is 24.3 Å². The van der Waals surface area contributed by atoms with Crippen molar-refractivity contribution in [1.82, 2.24) is 4.98 Å². The van der Waals surface area contributed by atoms with E-state index in [1.165, 1.54) is 30.2 Å². The third-order valence-corrected chi connectivity index (χ3v) is 3.31. The van der Waals surface area contributed by atoms with Crippen molar-refractivity contribution in [1.29, 1.82) is 0 Å². The SMILES string of the molecule is Oc1cnccc1Cc1ccc(C2CC2)cc1. The first-order valence-corrected chi connectivity index (χ1v) is 6.03. The number of hydrogen-bond acceptors (Lipinski definition) is 2. The van der Waals surface area contributed by atoms with E-state index in [1.54, 1.807) is 6.20 Å². The first-order valence-electron chi connectivity index (χ1n) is 6.03. The lowest BCUT2D eigenvalue weighted by Crippen LogP contribution is -1.90. The second-order valence-electron chi connectivity index (χ2n) is 4.70. The molecule has 1 N–H and O–H groups in total. The summed E-state index contributed by atoms with van der Waals surface area (Å²) in [7, 11) is 0. The number of aromatic nitrogens is 1. The van der Waals surface area contributed by atoms with Gasteiger partial charge in [-0.3, -0.25) is 4.98 Å². The molecule has 2 heteroatoms. The zero-order valence-electron chi connectivity index (χ0n) is 9.63. The highest BCUT2D eigenvalue weighted by Crippen LogP contribution is 2.40. The Bertz CT molecular complexity index is 515. The summed E-state index contributed by atoms with van der Waals surface area (Å²) < 4.78 is 0. The van der Waals surface area contributed by atoms with E-state index in [2.05, 4.69) is 29.2 Å². The molecule has 1 aromatic heterocycles. The van der Waals surface area contributed by atoms with Crippen molar-refractivity contribution in [2.75, 3.05) is 0 Å². The highest BCUT2D eigenvalue weighted by Gasteiger charge is 2.22. The highest BCUT2D eigenvalue weighted by molar-refractivity contribution is 5.36. The van der Waals surface area contributed by atoms with E-state index in [0.717, 1.165) is 17.9 Å². The molecule has 1 saturated carbocycles. The van der Waals surface area contributed by atoms with Crippen LogP contribution >= 0.6 is 0 Å². The molecule has 1 aromatic carbocycles. The van der Waals surface area contributed by atoms with Gasteiger partial charge in [0.1, 0.15) is 5.75 Å². The van der Waals surface area contributed by atoms with Crippen molar-refractivity contribution in [2.24, 2.45) is 0 Å². The number of hydrogen-bond donors (Lipinski definition) is 1. The van der Waals surface area contributed by atoms with Crippen molar-refractivity contribution < 1.29 is 5.11 Å². The Labute approximate surface area is 101 Å². The standard InChI is InChI=1S/C15H15NO/c17-15-10-16-8-7-14(15)9-11-1-3-12(4-2-11)13-5-6-13/h1-4,7-8,10,13,17H,5-6,9H2. The molecule has 0 amide bonds. The zero-order valence-corrected chi connectivity index (χ0v) is 9.63. The van der Waals surface area contributed by atoms with E-state index < -0.39 is 0 Å². The Morgan fingerprint density at radius 2 is 1.88 bits per heavy atom. The Kier molecular flexibility index (Phi) is 2.56. The number of benzene rings is 1. The average Bonchev–Trinajstić information content (AvgIpc) is 3.17. The van der Waals surface area contributed by atoms with Crippen LogP contribution < -0.4 is 0 Å². The normalized spacial score (nSPS) is 14.8. The van der Waals surface area contributed by atoms with Gasteiger partial charge in [0, 0.05) is 18.2 Å². The maximum Gasteiger partial charge on any atom is 0.137 e. The first kappa shape index (κ1) is 10.3. The molecule has 1 heterocycles. The lowest BCUT2D eigenvalue weighted by atomic mass is 10.0. The molecule has 3 rings (SSSR count). The molecular formula is C15H15NO. The van der Waals surface area contributed by atoms with Crippen molar-refractivity contribution in [2.45, 2.75) is 25.2 Å². The second kappa shape index (κ2) is 4.21. The van der Waals surface area contributed by atoms with Crippen LogP contribution in [-0.2, 0) is 6.42 Å². The summed E-state index contributed by atoms with van der Waals surface area (Å²) >= 11 is 0. The van der Waals surface area contributed by atoms with Crippen LogP contribution in [0, 0.1) is 0 Å². The molecule has 0 atom stereocenters. The molecule has 0 spiro atoms. The Morgan fingerprint density at radius 1 is 1.12 bits per heavy atom. The van der Waals surface area contributed by atoms with Gasteiger partial charge < -0.3 is 5.11 Å². The fraction of sp³-hybridized carbons (Fsp3) is 0.267. The maximum absolute atomic E-state index is 9.66. The number of nitrogens with zero attached hydrogens (tertiary/aromatic N) is 1. The summed E-state index contributed by atoms with van der Waals surface area (Å²) in [4.78, 5) is 3.88. The molecule has 86 valence electrons. The van der Waals surface area contributed by atoms with Gasteiger partial charge >= 0.3 is 0 Å². The highest BCUT2D eigenvalue weighted by atomic mass is 16.3. The molecule has 0 saturated heterocycles. The van der Waals surface area contributed by atoms with Crippen LogP contribution in [0.15, 0.2) is 42.7 Å². The Hall–Kier alpha value is -1.83. The first-order chi connectivity index (χ1) is 8.33. The third-order valence-electron chi connectivity index (χ3n) is 3.31. The quantitative estimate of drug-likeness (QED) is 0.869. The molecule has 0 unspecified atom stereocenters. The largest absolute Gasteiger partial charge is 0.506 e. The topological polar surface area (TPSA) is 33.1 Å². The number of aromatic hydroxyl groups is 1. The molecule has 0 radical (unpaired) electrons. The van der Waals surface area contributed by atoms with Gasteiger partial charge in [0.05, 0.1) is 6.20 Å². The molecule has 2 nitrogen and oxygen atoms in total. The van der Waals surface area contributed by atoms with Gasteiger partial charge in [0.15, 0.2) is 0 Å². The van der Waals surface area contributed by atoms with E-state index >= 15 is 0 Å². The molecule has 17 heavy (non-hydrogen) atoms. The van der Waals surface area contributed by atoms with Gasteiger partial charge in [-0.2, -0.15) is 0 Å². The summed E-state index contributed by atoms with van der Waals surface area (Å²) in [5.41, 5.74) is 3.61. The van der Waals surface area contributed by atoms with Crippen LogP contribution in [0.4, 0.5) is 0 Å². The average molecular weight is 225 g/mol. The maximum atomic E-state index is 9.66. The minimum atomic E-state index is 0.277. The zero-order chi connectivity index (χ0) is 11.7. The lowest BCUT2D eigenvalue weighted by molar-refractivity contribution is 0.466. The van der Waals surface area contributed by atoms with Crippen molar-refractivity contribution in [3.8, 4) is 5.75 Å². The summed E-state index contributed by atoms with van der Waals surface area (Å²) in [6.07, 6.45) is 6.65. The molecule has 1 aliphatic carbocycles. The summed E-state index contributed by atoms with van der Waals surface area (Å²) in [6.45, 7) is 0. The smallest absolute Gasteiger partial charge is 0.137 e. The minimum Gasteiger partial charge on any atom is -0.506 e. The van der Waals surface area contributed by atoms with Crippen LogP contribution in [0.5, 0.6) is 5.75 Å². The predicted octanol–water partition coefficient (Wildman–Crippen LogP) is 3.26. The van der Waals surface area contributed by atoms with Gasteiger partial charge in [-0.15, -0.1) is 0 Å². The molecular weight excluding hydrogens is 210 g/mol. The van der Waals surface area contributed by atoms with E-state index in [0.29, 0.717) is 0 Å². The number of rotatable bonds is 3. The van der Waals surface area contributed by atoms with E-state index in [-0.39, 0.29) is 5.75 Å². The second-order valence-corrected chi connectivity index (χ2v) is 4.70. The van der Waals surface area contributed by atoms with Gasteiger partial charge in [-0.05, 0) is 36.0 Å². The van der Waals surface area contributed by atoms with Crippen LogP contribution in [-0.4, -0.2) is 10.1 Å². The van der Waals surface area contributed by atoms with E-state index in [9.17, 15) is 5.11 Å². The van der Waals surface area contributed by atoms with Crippen LogP contribution in [0.2, 0.25) is 0 Å². The molecule has 2 aromatic rings. The van der Waals surface area contributed by atoms with Crippen molar-refractivity contribution in [3.63, 3.8) is 0 Å². The monoisotopic (exact) mass is 225 g/mol. The fourth-order valence-electron chi connectivity index (χ4n) is 2.11. The number of pyridine rings is 1. The Balaban J connectivity index is 1.78. The molecule has 1 aliphatic rings. The van der Waals surface area contributed by atoms with Crippen molar-refractivity contribution in [3.05, 3.63) is 59.4 Å². The predicted molar refractivity (Wildman–Crippen MR) is 67.1 cm³/mol. The van der Waals surface area contributed by atoms with Crippen molar-refractivity contribution >= 4 is 0 Å². The summed E-state index contributed by atoms with van der Waals surface area (Å²) in [5.74, 6) is 1.08. The summed E-state index contributed by atoms with van der Waals surface area (Å²) in [5, 5.41) is 9.66. The summed E-state index contributed by atoms with van der Waals surface area (Å²) in [6, 6.07) is 10.6. The third kappa shape index (κ3) is 2.31.